The van der Waals surface area contributed by atoms with Gasteiger partial charge in [0.05, 0.1) is 6.61 Å². The number of aliphatic hydroxyl groups excluding tert-OH is 1. The lowest BCUT2D eigenvalue weighted by Gasteiger charge is -2.13. The largest absolute Gasteiger partial charge is 0.462 e. The highest BCUT2D eigenvalue weighted by Crippen LogP contribution is 1.99. The van der Waals surface area contributed by atoms with Crippen LogP contribution in [-0.4, -0.2) is 30.3 Å². The van der Waals surface area contributed by atoms with E-state index in [9.17, 15) is 4.79 Å². The number of esters is 1. The fourth-order valence-electron chi connectivity index (χ4n) is 0.515. The molecule has 0 saturated carbocycles. The van der Waals surface area contributed by atoms with Crippen LogP contribution in [0.25, 0.3) is 0 Å². The predicted molar refractivity (Wildman–Crippen MR) is 48.1 cm³/mol. The molecule has 4 nitrogen and oxygen atoms in total. The molecule has 5 heteroatoms. The van der Waals surface area contributed by atoms with Gasteiger partial charge in [-0.25, -0.2) is 0 Å². The van der Waals surface area contributed by atoms with Gasteiger partial charge >= 0.3 is 5.97 Å². The van der Waals surface area contributed by atoms with Crippen LogP contribution in [0.15, 0.2) is 0 Å². The molecule has 0 aliphatic rings. The van der Waals surface area contributed by atoms with Gasteiger partial charge in [0.1, 0.15) is 12.6 Å². The fraction of sp³-hybridized carbons (Fsp3) is 0.857. The number of carbonyl (C=O) groups excluding carboxylic acids is 1. The van der Waals surface area contributed by atoms with Crippen molar-refractivity contribution in [2.75, 3.05) is 13.2 Å². The van der Waals surface area contributed by atoms with E-state index in [0.717, 1.165) is 0 Å². The molecule has 0 unspecified atom stereocenters. The highest BCUT2D eigenvalue weighted by Gasteiger charge is 2.17. The molecule has 0 bridgehead atoms. The van der Waals surface area contributed by atoms with Gasteiger partial charge in [-0.05, 0) is 5.92 Å². The number of rotatable bonds is 4. The van der Waals surface area contributed by atoms with Crippen LogP contribution in [0.5, 0.6) is 0 Å². The Kier molecular flexibility index (Phi) is 8.69. The van der Waals surface area contributed by atoms with Gasteiger partial charge in [-0.15, -0.1) is 12.4 Å². The van der Waals surface area contributed by atoms with E-state index in [2.05, 4.69) is 4.74 Å². The third-order valence-corrected chi connectivity index (χ3v) is 1.33. The SMILES string of the molecule is CC(C)[C@H](N)C(=O)OCCO.Cl. The normalized spacial score (nSPS) is 12.1. The Morgan fingerprint density at radius 2 is 2.08 bits per heavy atom. The van der Waals surface area contributed by atoms with Gasteiger partial charge in [0.2, 0.25) is 0 Å². The van der Waals surface area contributed by atoms with Crippen LogP contribution in [0, 0.1) is 5.92 Å². The molecule has 74 valence electrons. The standard InChI is InChI=1S/C7H15NO3.ClH/c1-5(2)6(8)7(10)11-4-3-9;/h5-6,9H,3-4,8H2,1-2H3;1H/t6-;/m0./s1. The van der Waals surface area contributed by atoms with Gasteiger partial charge in [0, 0.05) is 0 Å². The first-order valence-corrected chi connectivity index (χ1v) is 3.62. The maximum absolute atomic E-state index is 10.9. The molecule has 0 aromatic heterocycles. The lowest BCUT2D eigenvalue weighted by atomic mass is 10.1. The number of halogens is 1. The first-order valence-electron chi connectivity index (χ1n) is 3.62. The summed E-state index contributed by atoms with van der Waals surface area (Å²) in [6.45, 7) is 3.55. The molecule has 0 fully saturated rings. The molecule has 0 aromatic rings. The van der Waals surface area contributed by atoms with Crippen molar-refractivity contribution in [1.29, 1.82) is 0 Å². The molecule has 0 saturated heterocycles. The predicted octanol–water partition coefficient (Wildman–Crippen LogP) is -0.0730. The van der Waals surface area contributed by atoms with E-state index >= 15 is 0 Å². The molecular weight excluding hydrogens is 182 g/mol. The van der Waals surface area contributed by atoms with Crippen LogP contribution >= 0.6 is 12.4 Å². The summed E-state index contributed by atoms with van der Waals surface area (Å²) in [5.74, 6) is -0.379. The van der Waals surface area contributed by atoms with E-state index < -0.39 is 12.0 Å². The Labute approximate surface area is 78.5 Å². The number of aliphatic hydroxyl groups is 1. The lowest BCUT2D eigenvalue weighted by Crippen LogP contribution is -2.37. The zero-order valence-corrected chi connectivity index (χ0v) is 8.13. The number of ether oxygens (including phenoxy) is 1. The van der Waals surface area contributed by atoms with E-state index in [1.54, 1.807) is 0 Å². The highest BCUT2D eigenvalue weighted by atomic mass is 35.5. The Hall–Kier alpha value is -0.320. The molecule has 0 radical (unpaired) electrons. The summed E-state index contributed by atoms with van der Waals surface area (Å²) in [7, 11) is 0. The van der Waals surface area contributed by atoms with E-state index in [4.69, 9.17) is 10.8 Å². The Bertz CT molecular complexity index is 130. The average molecular weight is 198 g/mol. The number of hydrogen-bond donors (Lipinski definition) is 2. The molecular formula is C7H16ClNO3. The second-order valence-electron chi connectivity index (χ2n) is 2.66. The lowest BCUT2D eigenvalue weighted by molar-refractivity contribution is -0.147. The van der Waals surface area contributed by atoms with Crippen LogP contribution in [0.4, 0.5) is 0 Å². The van der Waals surface area contributed by atoms with Gasteiger partial charge < -0.3 is 15.6 Å². The maximum Gasteiger partial charge on any atom is 0.323 e. The Morgan fingerprint density at radius 1 is 1.58 bits per heavy atom. The third kappa shape index (κ3) is 5.35. The molecule has 0 aliphatic carbocycles. The number of nitrogens with two attached hydrogens (primary N) is 1. The summed E-state index contributed by atoms with van der Waals surface area (Å²) < 4.78 is 4.60. The zero-order valence-electron chi connectivity index (χ0n) is 7.32. The number of carbonyl (C=O) groups is 1. The molecule has 0 rings (SSSR count). The third-order valence-electron chi connectivity index (χ3n) is 1.33. The van der Waals surface area contributed by atoms with Gasteiger partial charge in [-0.3, -0.25) is 4.79 Å². The van der Waals surface area contributed by atoms with Gasteiger partial charge in [-0.2, -0.15) is 0 Å². The van der Waals surface area contributed by atoms with Crippen molar-refractivity contribution in [3.63, 3.8) is 0 Å². The second kappa shape index (κ2) is 7.34. The van der Waals surface area contributed by atoms with Crippen LogP contribution in [0.3, 0.4) is 0 Å². The average Bonchev–Trinajstić information content (AvgIpc) is 1.98. The molecule has 0 amide bonds. The Morgan fingerprint density at radius 3 is 2.42 bits per heavy atom. The molecule has 0 aromatic carbocycles. The molecule has 12 heavy (non-hydrogen) atoms. The van der Waals surface area contributed by atoms with Crippen LogP contribution in [0.2, 0.25) is 0 Å². The summed E-state index contributed by atoms with van der Waals surface area (Å²) >= 11 is 0. The van der Waals surface area contributed by atoms with E-state index in [0.29, 0.717) is 0 Å². The summed E-state index contributed by atoms with van der Waals surface area (Å²) in [4.78, 5) is 10.9. The van der Waals surface area contributed by atoms with Crippen molar-refractivity contribution in [1.82, 2.24) is 0 Å². The Balaban J connectivity index is 0. The van der Waals surface area contributed by atoms with Gasteiger partial charge in [-0.1, -0.05) is 13.8 Å². The van der Waals surface area contributed by atoms with Crippen molar-refractivity contribution in [2.45, 2.75) is 19.9 Å². The first-order chi connectivity index (χ1) is 5.09. The van der Waals surface area contributed by atoms with Crippen LogP contribution in [0.1, 0.15) is 13.8 Å². The first kappa shape index (κ1) is 14.2. The topological polar surface area (TPSA) is 72.6 Å². The van der Waals surface area contributed by atoms with E-state index in [-0.39, 0.29) is 31.5 Å². The van der Waals surface area contributed by atoms with Crippen LogP contribution in [-0.2, 0) is 9.53 Å². The number of hydrogen-bond acceptors (Lipinski definition) is 4. The minimum Gasteiger partial charge on any atom is -0.462 e. The minimum absolute atomic E-state index is 0. The van der Waals surface area contributed by atoms with Crippen molar-refractivity contribution in [3.05, 3.63) is 0 Å². The molecule has 0 aliphatic heterocycles. The van der Waals surface area contributed by atoms with Crippen molar-refractivity contribution >= 4 is 18.4 Å². The van der Waals surface area contributed by atoms with E-state index in [1.807, 2.05) is 13.8 Å². The molecule has 0 heterocycles. The van der Waals surface area contributed by atoms with Gasteiger partial charge in [0.25, 0.3) is 0 Å². The highest BCUT2D eigenvalue weighted by molar-refractivity contribution is 5.85. The molecule has 3 N–H and O–H groups in total. The van der Waals surface area contributed by atoms with Crippen LogP contribution < -0.4 is 5.73 Å². The summed E-state index contributed by atoms with van der Waals surface area (Å²) in [5, 5.41) is 8.32. The maximum atomic E-state index is 10.9. The van der Waals surface area contributed by atoms with Gasteiger partial charge in [0.15, 0.2) is 0 Å². The second-order valence-corrected chi connectivity index (χ2v) is 2.66. The minimum atomic E-state index is -0.582. The monoisotopic (exact) mass is 197 g/mol. The molecule has 0 spiro atoms. The summed E-state index contributed by atoms with van der Waals surface area (Å²) in [6.07, 6.45) is 0. The van der Waals surface area contributed by atoms with Crippen molar-refractivity contribution < 1.29 is 14.6 Å². The quantitative estimate of drug-likeness (QED) is 0.619. The zero-order chi connectivity index (χ0) is 8.85. The van der Waals surface area contributed by atoms with Crippen molar-refractivity contribution in [3.8, 4) is 0 Å². The summed E-state index contributed by atoms with van der Waals surface area (Å²) in [6, 6.07) is -0.582. The molecule has 1 atom stereocenters. The van der Waals surface area contributed by atoms with E-state index in [1.165, 1.54) is 0 Å². The summed E-state index contributed by atoms with van der Waals surface area (Å²) in [5.41, 5.74) is 5.44. The smallest absolute Gasteiger partial charge is 0.323 e. The van der Waals surface area contributed by atoms with Crippen molar-refractivity contribution in [2.24, 2.45) is 11.7 Å². The fourth-order valence-corrected chi connectivity index (χ4v) is 0.515.